The van der Waals surface area contributed by atoms with Crippen molar-refractivity contribution in [3.8, 4) is 0 Å². The zero-order valence-corrected chi connectivity index (χ0v) is 65.6. The van der Waals surface area contributed by atoms with Crippen LogP contribution in [0.1, 0.15) is 100 Å². The Bertz CT molecular complexity index is 4580. The Balaban J connectivity index is 1.10. The molecular weight excluding hydrogens is 1530 g/mol. The van der Waals surface area contributed by atoms with Crippen LogP contribution in [-0.4, -0.2) is 202 Å². The molecule has 21 N–H and O–H groups in total. The van der Waals surface area contributed by atoms with Gasteiger partial charge < -0.3 is 96.3 Å². The summed E-state index contributed by atoms with van der Waals surface area (Å²) in [5.41, 5.74) is 18.9. The highest BCUT2D eigenvalue weighted by molar-refractivity contribution is 6.30. The molecule has 11 atom stereocenters. The molecule has 3 heterocycles. The molecule has 0 radical (unpaired) electrons. The van der Waals surface area contributed by atoms with Crippen molar-refractivity contribution in [1.29, 1.82) is 0 Å². The summed E-state index contributed by atoms with van der Waals surface area (Å²) < 4.78 is 0. The molecule has 0 unspecified atom stereocenters. The number of aliphatic hydroxyl groups is 1. The molecule has 6 aromatic rings. The van der Waals surface area contributed by atoms with Crippen LogP contribution in [0, 0.1) is 0 Å². The largest absolute Gasteiger partial charge is 0.394 e. The zero-order chi connectivity index (χ0) is 85.0. The number of anilines is 2. The molecule has 5 aromatic carbocycles. The first-order chi connectivity index (χ1) is 55.8. The number of halogens is 1. The number of nitrogens with one attached hydrogen (secondary N) is 14. The quantitative estimate of drug-likeness (QED) is 0.0212. The van der Waals surface area contributed by atoms with Gasteiger partial charge in [-0.25, -0.2) is 9.59 Å². The van der Waals surface area contributed by atoms with Crippen molar-refractivity contribution in [2.75, 3.05) is 30.3 Å². The summed E-state index contributed by atoms with van der Waals surface area (Å²) in [4.78, 5) is 225. The molecule has 0 spiro atoms. The van der Waals surface area contributed by atoms with Crippen LogP contribution >= 0.6 is 11.6 Å². The van der Waals surface area contributed by atoms with Crippen molar-refractivity contribution < 1.29 is 81.8 Å². The number of benzene rings is 5. The number of pyridine rings is 1. The zero-order valence-electron chi connectivity index (χ0n) is 64.8. The number of nitrogens with two attached hydrogens (primary N) is 3. The Labute approximate surface area is 678 Å². The Hall–Kier alpha value is -13.0. The Kier molecular flexibility index (Phi) is 33.3. The van der Waals surface area contributed by atoms with E-state index in [1.54, 1.807) is 42.5 Å². The molecule has 8 rings (SSSR count). The fourth-order valence-electron chi connectivity index (χ4n) is 13.1. The number of hydrogen-bond acceptors (Lipinski definition) is 19. The van der Waals surface area contributed by atoms with Gasteiger partial charge in [-0.15, -0.1) is 0 Å². The second-order valence-corrected chi connectivity index (χ2v) is 29.2. The van der Waals surface area contributed by atoms with E-state index in [0.29, 0.717) is 47.5 Å². The van der Waals surface area contributed by atoms with Gasteiger partial charge in [-0.2, -0.15) is 0 Å². The van der Waals surface area contributed by atoms with E-state index in [9.17, 15) is 72.2 Å². The third-order valence-corrected chi connectivity index (χ3v) is 19.4. The normalized spacial score (nSPS) is 16.0. The molecule has 37 heteroatoms. The van der Waals surface area contributed by atoms with Crippen LogP contribution in [0.5, 0.6) is 0 Å². The molecule has 0 aliphatic carbocycles. The molecule has 2 saturated heterocycles. The number of aromatic nitrogens is 1. The second kappa shape index (κ2) is 43.5. The number of aliphatic hydroxyl groups excluding tert-OH is 1. The van der Waals surface area contributed by atoms with Gasteiger partial charge >= 0.3 is 12.1 Å². The summed E-state index contributed by atoms with van der Waals surface area (Å²) in [6, 6.07) is 15.5. The fourth-order valence-corrected chi connectivity index (χ4v) is 13.2. The SMILES string of the molecule is CC(=O)N[C@H](Cc1ccc2ccccc2c1)C(=O)N[C@H](Cc1ccc(Cl)cc1)C(=O)N[C@@H](Cc1cccnc1)C(=O)N[C@@H](CO)C(=O)N[C@@H](Cc1ccc(NC(=O)[C@@H]2CC(=O)NC(=O)N2)cc1)C(=O)N[C@@H](Cc1ccc(NC(N)=O)cc1)C(=O)N[C@@H](CC(N)=O)C(=O)N[C@@H](CCCCNC(C)C)C(=O)N1CCC[C@H]1C(=O)N[C@H](C)C(N)=O. The number of amides is 18. The summed E-state index contributed by atoms with van der Waals surface area (Å²) >= 11 is 6.26. The summed E-state index contributed by atoms with van der Waals surface area (Å²) in [6.45, 7) is 5.88. The van der Waals surface area contributed by atoms with Gasteiger partial charge in [-0.3, -0.25) is 77.4 Å². The van der Waals surface area contributed by atoms with Crippen molar-refractivity contribution in [1.82, 2.24) is 73.7 Å². The Morgan fingerprint density at radius 2 is 1.03 bits per heavy atom. The van der Waals surface area contributed by atoms with E-state index in [4.69, 9.17) is 28.8 Å². The smallest absolute Gasteiger partial charge is 0.322 e. The standard InChI is InChI=1S/C80H98ClN19O17/c1-43(2)86-31-8-7-14-56(78(115)100-32-10-15-65(100)77(114)87-44(3)68(83)105)91-75(112)62(39-66(82)103)96-73(110)59(35-48-21-28-55(29-22-48)90-79(84)116)93-72(109)60(36-47-19-26-54(27-20-47)89-69(106)63-40-67(104)99-80(117)98-63)95-76(113)64(42-101)97-74(111)61(38-50-11-9-30-85-41-50)94-71(108)58(34-46-17-24-53(81)25-18-46)92-70(107)57(88-45(4)102)37-49-16-23-51-12-5-6-13-52(51)33-49/h5-6,9,11-13,16-30,33,41,43-44,56-65,86,101H,7-8,10,14-15,31-32,34-40,42H2,1-4H3,(H2,82,103)(H2,83,105)(H,87,114)(H,88,102)(H,89,106)(H,91,112)(H,92,107)(H,93,109)(H,94,108)(H,95,113)(H,96,110)(H,97,111)(H3,84,90,116)(H2,98,99,104,117)/t44-,56+,57-,58-,59+,60+,61+,62+,63+,64+,65+/m1/s1. The number of fused-ring (bicyclic) bond motifs is 1. The number of primary amides is 3. The second-order valence-electron chi connectivity index (χ2n) is 28.8. The van der Waals surface area contributed by atoms with Crippen LogP contribution in [-0.2, 0) is 99.2 Å². The number of rotatable bonds is 41. The van der Waals surface area contributed by atoms with E-state index in [1.165, 1.54) is 79.7 Å². The molecule has 0 saturated carbocycles. The molecule has 36 nitrogen and oxygen atoms in total. The van der Waals surface area contributed by atoms with Crippen LogP contribution in [0.15, 0.2) is 140 Å². The number of likely N-dealkylation sites (tertiary alicyclic amines) is 1. The van der Waals surface area contributed by atoms with Crippen molar-refractivity contribution in [2.24, 2.45) is 17.2 Å². The van der Waals surface area contributed by atoms with E-state index in [0.717, 1.165) is 10.8 Å². The lowest BCUT2D eigenvalue weighted by molar-refractivity contribution is -0.142. The lowest BCUT2D eigenvalue weighted by Gasteiger charge is -2.30. The van der Waals surface area contributed by atoms with E-state index in [1.807, 2.05) is 55.6 Å². The van der Waals surface area contributed by atoms with Gasteiger partial charge in [-0.05, 0) is 127 Å². The molecule has 2 aliphatic heterocycles. The Morgan fingerprint density at radius 3 is 1.54 bits per heavy atom. The van der Waals surface area contributed by atoms with Crippen LogP contribution in [0.4, 0.5) is 21.0 Å². The van der Waals surface area contributed by atoms with Crippen molar-refractivity contribution in [3.63, 3.8) is 0 Å². The van der Waals surface area contributed by atoms with Crippen molar-refractivity contribution in [2.45, 2.75) is 177 Å². The first kappa shape index (κ1) is 89.6. The van der Waals surface area contributed by atoms with Crippen LogP contribution in [0.25, 0.3) is 10.8 Å². The van der Waals surface area contributed by atoms with Gasteiger partial charge in [0.1, 0.15) is 66.5 Å². The molecule has 1 aromatic heterocycles. The summed E-state index contributed by atoms with van der Waals surface area (Å²) in [5.74, 6) is -12.8. The minimum atomic E-state index is -1.97. The Morgan fingerprint density at radius 1 is 0.538 bits per heavy atom. The third kappa shape index (κ3) is 28.2. The number of unbranched alkanes of at least 4 members (excludes halogenated alkanes) is 1. The minimum Gasteiger partial charge on any atom is -0.394 e. The lowest BCUT2D eigenvalue weighted by atomic mass is 9.99. The average molecular weight is 1630 g/mol. The van der Waals surface area contributed by atoms with Gasteiger partial charge in [0.15, 0.2) is 0 Å². The third-order valence-electron chi connectivity index (χ3n) is 19.1. The molecule has 2 aliphatic rings. The van der Waals surface area contributed by atoms with Crippen LogP contribution in [0.2, 0.25) is 5.02 Å². The van der Waals surface area contributed by atoms with Crippen LogP contribution < -0.4 is 91.6 Å². The number of nitrogens with zero attached hydrogens (tertiary/aromatic N) is 2. The average Bonchev–Trinajstić information content (AvgIpc) is 1.81. The first-order valence-electron chi connectivity index (χ1n) is 38.0. The van der Waals surface area contributed by atoms with E-state index >= 15 is 9.59 Å². The van der Waals surface area contributed by atoms with E-state index in [-0.39, 0.29) is 73.6 Å². The van der Waals surface area contributed by atoms with Gasteiger partial charge in [-0.1, -0.05) is 110 Å². The molecule has 2 fully saturated rings. The topological polar surface area (TPSA) is 556 Å². The summed E-state index contributed by atoms with van der Waals surface area (Å²) in [7, 11) is 0. The molecule has 18 amide bonds. The van der Waals surface area contributed by atoms with Crippen molar-refractivity contribution in [3.05, 3.63) is 173 Å². The van der Waals surface area contributed by atoms with E-state index in [2.05, 4.69) is 74.1 Å². The predicted molar refractivity (Wildman–Crippen MR) is 428 cm³/mol. The molecule has 0 bridgehead atoms. The highest BCUT2D eigenvalue weighted by Gasteiger charge is 2.41. The van der Waals surface area contributed by atoms with Crippen LogP contribution in [0.3, 0.4) is 0 Å². The monoisotopic (exact) mass is 1630 g/mol. The highest BCUT2D eigenvalue weighted by Crippen LogP contribution is 2.23. The highest BCUT2D eigenvalue weighted by atomic mass is 35.5. The molecular formula is C80H98ClN19O17. The number of urea groups is 2. The summed E-state index contributed by atoms with van der Waals surface area (Å²) in [6.07, 6.45) is 1.48. The maximum Gasteiger partial charge on any atom is 0.322 e. The first-order valence-corrected chi connectivity index (χ1v) is 38.3. The predicted octanol–water partition coefficient (Wildman–Crippen LogP) is -0.656. The van der Waals surface area contributed by atoms with Gasteiger partial charge in [0.25, 0.3) is 0 Å². The fraction of sp³-hybridized carbons (Fsp3) is 0.388. The van der Waals surface area contributed by atoms with Crippen molar-refractivity contribution >= 4 is 129 Å². The molecule has 622 valence electrons. The van der Waals surface area contributed by atoms with E-state index < -0.39 is 187 Å². The van der Waals surface area contributed by atoms with Gasteiger partial charge in [0, 0.05) is 80.4 Å². The number of carbonyl (C=O) groups excluding carboxylic acids is 16. The number of imide groups is 1. The number of carbonyl (C=O) groups is 16. The summed E-state index contributed by atoms with van der Waals surface area (Å²) in [5, 5.41) is 49.3. The number of hydrogen-bond donors (Lipinski definition) is 18. The van der Waals surface area contributed by atoms with Gasteiger partial charge in [0.05, 0.1) is 19.4 Å². The maximum atomic E-state index is 15.4. The van der Waals surface area contributed by atoms with Gasteiger partial charge in [0.2, 0.25) is 82.7 Å². The lowest BCUT2D eigenvalue weighted by Crippen LogP contribution is -2.62. The molecule has 117 heavy (non-hydrogen) atoms. The maximum absolute atomic E-state index is 15.4. The minimum absolute atomic E-state index is 0.00982.